The van der Waals surface area contributed by atoms with Crippen LogP contribution in [0.25, 0.3) is 55.6 Å². The third-order valence-electron chi connectivity index (χ3n) is 7.73. The van der Waals surface area contributed by atoms with Gasteiger partial charge in [0.25, 0.3) is 0 Å². The maximum Gasteiger partial charge on any atom is 0.121 e. The summed E-state index contributed by atoms with van der Waals surface area (Å²) in [5.74, 6) is -0.148. The van der Waals surface area contributed by atoms with Gasteiger partial charge in [-0.15, -0.1) is 53.6 Å². The molecule has 0 N–H and O–H groups in total. The first kappa shape index (κ1) is 27.9. The van der Waals surface area contributed by atoms with E-state index in [9.17, 15) is 0 Å². The summed E-state index contributed by atoms with van der Waals surface area (Å²) in [5, 5.41) is 3.35. The maximum atomic E-state index is 8.44. The third-order valence-corrected chi connectivity index (χ3v) is 9.76. The van der Waals surface area contributed by atoms with Crippen LogP contribution in [0.1, 0.15) is 31.8 Å². The van der Waals surface area contributed by atoms with E-state index in [1.807, 2.05) is 62.5 Å². The van der Waals surface area contributed by atoms with Gasteiger partial charge < -0.3 is 14.4 Å². The molecule has 0 saturated heterocycles. The quantitative estimate of drug-likeness (QED) is 0.124. The van der Waals surface area contributed by atoms with Crippen LogP contribution in [-0.4, -0.2) is 18.0 Å². The van der Waals surface area contributed by atoms with Gasteiger partial charge in [-0.1, -0.05) is 118 Å². The van der Waals surface area contributed by atoms with Crippen LogP contribution in [0.15, 0.2) is 120 Å². The number of nitrogens with zero attached hydrogens (tertiary/aromatic N) is 2. The Morgan fingerprint density at radius 2 is 1.66 bits per heavy atom. The van der Waals surface area contributed by atoms with E-state index >= 15 is 0 Å². The van der Waals surface area contributed by atoms with E-state index in [0.29, 0.717) is 16.8 Å². The van der Waals surface area contributed by atoms with Crippen molar-refractivity contribution in [1.82, 2.24) is 9.97 Å². The largest absolute Gasteiger partial charge is 0.501 e. The minimum Gasteiger partial charge on any atom is -0.501 e. The first-order valence-electron chi connectivity index (χ1n) is 18.0. The summed E-state index contributed by atoms with van der Waals surface area (Å²) in [5.41, 5.74) is 7.74. The van der Waals surface area contributed by atoms with Gasteiger partial charge in [0.15, 0.2) is 0 Å². The van der Waals surface area contributed by atoms with Crippen molar-refractivity contribution >= 4 is 35.2 Å². The number of hydrogen-bond acceptors (Lipinski definition) is 3. The molecule has 47 heavy (non-hydrogen) atoms. The van der Waals surface area contributed by atoms with Crippen molar-refractivity contribution in [2.45, 2.75) is 46.7 Å². The molecular weight excluding hydrogens is 769 g/mol. The number of furan rings is 1. The smallest absolute Gasteiger partial charge is 0.121 e. The summed E-state index contributed by atoms with van der Waals surface area (Å²) in [7, 11) is -1.34. The SMILES string of the molecule is [2H]C([2H])([2H])c1c[c-]c(-c2ccc([Si](C)(C)C)cn2)cc1.[2H]C([2H])(c1ccnc(-c2[c-]ccc3c2oc2cc(-c4ccccc4)ccc23)c1)C(C)C.[Ir]. The molecule has 7 rings (SSSR count). The molecule has 239 valence electrons. The van der Waals surface area contributed by atoms with Crippen molar-refractivity contribution in [3.8, 4) is 33.6 Å². The molecule has 0 atom stereocenters. The Bertz CT molecular complexity index is 2220. The molecule has 3 aromatic heterocycles. The number of benzene rings is 4. The zero-order valence-electron chi connectivity index (χ0n) is 32.2. The average Bonchev–Trinajstić information content (AvgIpc) is 3.50. The summed E-state index contributed by atoms with van der Waals surface area (Å²) in [4.78, 5) is 8.98. The topological polar surface area (TPSA) is 38.9 Å². The predicted octanol–water partition coefficient (Wildman–Crippen LogP) is 10.7. The van der Waals surface area contributed by atoms with Gasteiger partial charge >= 0.3 is 0 Å². The molecule has 4 aromatic carbocycles. The fourth-order valence-electron chi connectivity index (χ4n) is 5.31. The van der Waals surface area contributed by atoms with Gasteiger partial charge in [0.2, 0.25) is 0 Å². The van der Waals surface area contributed by atoms with Crippen molar-refractivity contribution in [1.29, 1.82) is 0 Å². The molecule has 5 heteroatoms. The molecule has 0 saturated carbocycles. The van der Waals surface area contributed by atoms with Crippen LogP contribution in [0.5, 0.6) is 0 Å². The zero-order valence-corrected chi connectivity index (χ0v) is 30.6. The van der Waals surface area contributed by atoms with Crippen LogP contribution in [0, 0.1) is 24.9 Å². The van der Waals surface area contributed by atoms with Crippen LogP contribution >= 0.6 is 0 Å². The minimum absolute atomic E-state index is 0. The molecule has 0 amide bonds. The van der Waals surface area contributed by atoms with Crippen molar-refractivity contribution in [2.75, 3.05) is 0 Å². The number of aryl methyl sites for hydroxylation is 1. The van der Waals surface area contributed by atoms with Gasteiger partial charge in [-0.2, -0.15) is 0 Å². The monoisotopic (exact) mass is 814 g/mol. The van der Waals surface area contributed by atoms with Crippen LogP contribution in [-0.2, 0) is 26.5 Å². The van der Waals surface area contributed by atoms with E-state index < -0.39 is 21.3 Å². The van der Waals surface area contributed by atoms with Crippen LogP contribution in [0.2, 0.25) is 19.6 Å². The second-order valence-corrected chi connectivity index (χ2v) is 17.8. The standard InChI is InChI=1S/C27H22NO.C15H18NSi.Ir/c1-18(2)15-19-13-14-28-25(16-19)24-10-6-9-23-22-12-11-21(17-26(22)29-27(23)24)20-7-4-3-5-8-20;1-12-5-7-13(8-6-12)15-10-9-14(11-16-15)17(2,3)4;/h3-9,11-14,16-18H,15H2,1-2H3;5-7,9-11H,1-4H3;/q2*-1;/i15D2;1D3;. The summed E-state index contributed by atoms with van der Waals surface area (Å²) in [6.07, 6.45) is 2.14. The van der Waals surface area contributed by atoms with Crippen molar-refractivity contribution < 1.29 is 31.4 Å². The summed E-state index contributed by atoms with van der Waals surface area (Å²) in [6.45, 7) is 8.53. The zero-order chi connectivity index (χ0) is 36.6. The molecular formula is C42H40IrN2OSi-2. The summed E-state index contributed by atoms with van der Waals surface area (Å²) < 4.78 is 45.2. The predicted molar refractivity (Wildman–Crippen MR) is 196 cm³/mol. The number of fused-ring (bicyclic) bond motifs is 3. The van der Waals surface area contributed by atoms with E-state index in [0.717, 1.165) is 49.9 Å². The Kier molecular flexibility index (Phi) is 8.75. The Balaban J connectivity index is 0.000000217. The van der Waals surface area contributed by atoms with E-state index in [1.165, 1.54) is 11.3 Å². The Labute approximate surface area is 300 Å². The fourth-order valence-corrected chi connectivity index (χ4v) is 6.35. The Morgan fingerprint density at radius 1 is 0.830 bits per heavy atom. The first-order chi connectivity index (χ1) is 24.1. The number of aromatic nitrogens is 2. The molecule has 0 spiro atoms. The first-order valence-corrected chi connectivity index (χ1v) is 19.0. The van der Waals surface area contributed by atoms with Gasteiger partial charge in [0.05, 0.1) is 13.7 Å². The Morgan fingerprint density at radius 3 is 2.34 bits per heavy atom. The molecule has 7 aromatic rings. The number of hydrogen-bond donors (Lipinski definition) is 0. The van der Waals surface area contributed by atoms with E-state index in [2.05, 4.69) is 78.1 Å². The molecule has 1 radical (unpaired) electrons. The van der Waals surface area contributed by atoms with Crippen LogP contribution in [0.3, 0.4) is 0 Å². The van der Waals surface area contributed by atoms with Crippen LogP contribution < -0.4 is 5.19 Å². The second-order valence-electron chi connectivity index (χ2n) is 12.7. The Hall–Kier alpha value is -4.15. The molecule has 3 nitrogen and oxygen atoms in total. The van der Waals surface area contributed by atoms with Crippen molar-refractivity contribution in [2.24, 2.45) is 5.92 Å². The third kappa shape index (κ3) is 8.05. The molecule has 0 fully saturated rings. The van der Waals surface area contributed by atoms with E-state index in [1.54, 1.807) is 24.4 Å². The van der Waals surface area contributed by atoms with E-state index in [4.69, 9.17) is 11.3 Å². The molecule has 0 aliphatic heterocycles. The van der Waals surface area contributed by atoms with Gasteiger partial charge in [-0.05, 0) is 52.1 Å². The molecule has 0 bridgehead atoms. The van der Waals surface area contributed by atoms with Gasteiger partial charge in [0, 0.05) is 44.7 Å². The summed E-state index contributed by atoms with van der Waals surface area (Å²) >= 11 is 0. The molecule has 3 heterocycles. The maximum absolute atomic E-state index is 8.44. The van der Waals surface area contributed by atoms with Crippen molar-refractivity contribution in [3.05, 3.63) is 139 Å². The normalized spacial score (nSPS) is 13.4. The van der Waals surface area contributed by atoms with Gasteiger partial charge in [0.1, 0.15) is 5.58 Å². The van der Waals surface area contributed by atoms with Crippen molar-refractivity contribution in [3.63, 3.8) is 0 Å². The average molecular weight is 814 g/mol. The number of pyridine rings is 2. The van der Waals surface area contributed by atoms with Gasteiger partial charge in [-0.3, -0.25) is 0 Å². The molecule has 0 unspecified atom stereocenters. The second kappa shape index (κ2) is 14.7. The van der Waals surface area contributed by atoms with E-state index in [-0.39, 0.29) is 26.0 Å². The minimum atomic E-state index is -2.08. The molecule has 0 aliphatic carbocycles. The van der Waals surface area contributed by atoms with Gasteiger partial charge in [-0.25, -0.2) is 0 Å². The van der Waals surface area contributed by atoms with Crippen LogP contribution in [0.4, 0.5) is 0 Å². The summed E-state index contributed by atoms with van der Waals surface area (Å²) in [6, 6.07) is 39.2. The molecule has 0 aliphatic rings. The number of rotatable bonds is 6. The fraction of sp³-hybridized carbons (Fsp3) is 0.190.